The van der Waals surface area contributed by atoms with Gasteiger partial charge < -0.3 is 4.90 Å². The van der Waals surface area contributed by atoms with Crippen molar-refractivity contribution < 1.29 is 0 Å². The van der Waals surface area contributed by atoms with Crippen LogP contribution >= 0.6 is 34.8 Å². The average molecular weight is 268 g/mol. The number of halogens is 1. The van der Waals surface area contributed by atoms with Gasteiger partial charge in [-0.2, -0.15) is 0 Å². The molecule has 0 aromatic heterocycles. The smallest absolute Gasteiger partial charge is 0.0600 e. The molecule has 1 atom stereocenters. The van der Waals surface area contributed by atoms with E-state index in [0.717, 1.165) is 6.54 Å². The van der Waals surface area contributed by atoms with E-state index in [4.69, 9.17) is 12.2 Å². The van der Waals surface area contributed by atoms with E-state index in [0.29, 0.717) is 3.92 Å². The highest BCUT2D eigenvalue weighted by molar-refractivity contribution is 14.1. The summed E-state index contributed by atoms with van der Waals surface area (Å²) in [6, 6.07) is 0. The molecular formula is C7H11INS. The summed E-state index contributed by atoms with van der Waals surface area (Å²) in [6.07, 6.45) is 2.72. The molecule has 0 spiro atoms. The van der Waals surface area contributed by atoms with E-state index in [2.05, 4.69) is 32.9 Å². The maximum Gasteiger partial charge on any atom is 0.0600 e. The molecule has 1 fully saturated rings. The van der Waals surface area contributed by atoms with E-state index >= 15 is 0 Å². The quantitative estimate of drug-likeness (QED) is 0.436. The molecule has 0 aromatic rings. The molecule has 0 N–H and O–H groups in total. The minimum atomic E-state index is 0.436. The molecule has 0 saturated carbocycles. The molecule has 1 saturated heterocycles. The van der Waals surface area contributed by atoms with Crippen LogP contribution < -0.4 is 0 Å². The lowest BCUT2D eigenvalue weighted by Crippen LogP contribution is -2.26. The lowest BCUT2D eigenvalue weighted by Gasteiger charge is -2.15. The zero-order valence-electron chi connectivity index (χ0n) is 5.85. The topological polar surface area (TPSA) is 3.24 Å². The standard InChI is InChI=1S/C7H11INS/c8-7(6-10)5-9-3-1-2-4-9/h7H,1-5H2. The monoisotopic (exact) mass is 268 g/mol. The van der Waals surface area contributed by atoms with Crippen LogP contribution in [0.1, 0.15) is 12.8 Å². The van der Waals surface area contributed by atoms with Crippen molar-refractivity contribution in [3.05, 3.63) is 0 Å². The summed E-state index contributed by atoms with van der Waals surface area (Å²) >= 11 is 7.06. The van der Waals surface area contributed by atoms with Crippen molar-refractivity contribution >= 4 is 40.2 Å². The Balaban J connectivity index is 2.17. The molecule has 57 valence electrons. The Bertz CT molecular complexity index is 112. The third-order valence-corrected chi connectivity index (χ3v) is 3.16. The molecule has 1 nitrogen and oxygen atoms in total. The minimum absolute atomic E-state index is 0.436. The lowest BCUT2D eigenvalue weighted by molar-refractivity contribution is 0.357. The van der Waals surface area contributed by atoms with Gasteiger partial charge in [-0.3, -0.25) is 0 Å². The number of rotatable bonds is 3. The van der Waals surface area contributed by atoms with Crippen molar-refractivity contribution in [3.63, 3.8) is 0 Å². The van der Waals surface area contributed by atoms with Crippen molar-refractivity contribution in [3.8, 4) is 0 Å². The fraction of sp³-hybridized carbons (Fsp3) is 0.857. The van der Waals surface area contributed by atoms with Gasteiger partial charge in [0.05, 0.1) is 3.92 Å². The largest absolute Gasteiger partial charge is 0.302 e. The van der Waals surface area contributed by atoms with Gasteiger partial charge in [-0.1, -0.05) is 34.8 Å². The minimum Gasteiger partial charge on any atom is -0.302 e. The van der Waals surface area contributed by atoms with Crippen LogP contribution in [0.15, 0.2) is 0 Å². The van der Waals surface area contributed by atoms with Crippen molar-refractivity contribution in [2.45, 2.75) is 16.8 Å². The first-order valence-electron chi connectivity index (χ1n) is 3.57. The molecule has 1 rings (SSSR count). The van der Waals surface area contributed by atoms with Crippen LogP contribution in [0.25, 0.3) is 0 Å². The third kappa shape index (κ3) is 2.80. The van der Waals surface area contributed by atoms with Crippen LogP contribution in [-0.4, -0.2) is 33.8 Å². The fourth-order valence-corrected chi connectivity index (χ4v) is 1.86. The van der Waals surface area contributed by atoms with Crippen LogP contribution in [0, 0.1) is 0 Å². The Morgan fingerprint density at radius 3 is 2.60 bits per heavy atom. The van der Waals surface area contributed by atoms with Gasteiger partial charge >= 0.3 is 0 Å². The molecule has 1 radical (unpaired) electrons. The summed E-state index contributed by atoms with van der Waals surface area (Å²) in [7, 11) is 0. The van der Waals surface area contributed by atoms with Gasteiger partial charge in [0.2, 0.25) is 0 Å². The molecule has 0 aliphatic carbocycles. The van der Waals surface area contributed by atoms with Gasteiger partial charge in [-0.15, -0.1) is 0 Å². The first-order valence-corrected chi connectivity index (χ1v) is 5.22. The highest BCUT2D eigenvalue weighted by Crippen LogP contribution is 2.10. The van der Waals surface area contributed by atoms with Crippen LogP contribution in [0.2, 0.25) is 0 Å². The molecular weight excluding hydrogens is 257 g/mol. The number of likely N-dealkylation sites (tertiary alicyclic amines) is 1. The average Bonchev–Trinajstić information content (AvgIpc) is 2.40. The highest BCUT2D eigenvalue weighted by Gasteiger charge is 2.13. The first kappa shape index (κ1) is 8.87. The van der Waals surface area contributed by atoms with Crippen LogP contribution in [0.5, 0.6) is 0 Å². The molecule has 1 aliphatic heterocycles. The molecule has 10 heavy (non-hydrogen) atoms. The first-order chi connectivity index (χ1) is 4.83. The number of alkyl halides is 1. The van der Waals surface area contributed by atoms with Crippen molar-refractivity contribution in [2.75, 3.05) is 19.6 Å². The Hall–Kier alpha value is 0.780. The maximum atomic E-state index is 4.73. The number of nitrogens with zero attached hydrogens (tertiary/aromatic N) is 1. The van der Waals surface area contributed by atoms with E-state index in [1.165, 1.54) is 25.9 Å². The van der Waals surface area contributed by atoms with Gasteiger partial charge in [-0.05, 0) is 25.9 Å². The van der Waals surface area contributed by atoms with E-state index in [9.17, 15) is 0 Å². The Labute approximate surface area is 81.3 Å². The molecule has 1 heterocycles. The second-order valence-corrected chi connectivity index (χ2v) is 4.33. The highest BCUT2D eigenvalue weighted by atomic mass is 127. The Kier molecular flexibility index (Phi) is 4.10. The summed E-state index contributed by atoms with van der Waals surface area (Å²) in [6.45, 7) is 3.62. The number of hydrogen-bond acceptors (Lipinski definition) is 2. The van der Waals surface area contributed by atoms with Crippen molar-refractivity contribution in [2.24, 2.45) is 0 Å². The second-order valence-electron chi connectivity index (χ2n) is 2.59. The third-order valence-electron chi connectivity index (χ3n) is 1.75. The maximum absolute atomic E-state index is 4.73. The Morgan fingerprint density at radius 1 is 1.50 bits per heavy atom. The Morgan fingerprint density at radius 2 is 2.10 bits per heavy atom. The molecule has 3 heteroatoms. The predicted molar refractivity (Wildman–Crippen MR) is 56.1 cm³/mol. The zero-order chi connectivity index (χ0) is 7.40. The van der Waals surface area contributed by atoms with Gasteiger partial charge in [0.15, 0.2) is 0 Å². The molecule has 1 unspecified atom stereocenters. The van der Waals surface area contributed by atoms with Crippen molar-refractivity contribution in [1.82, 2.24) is 4.90 Å². The van der Waals surface area contributed by atoms with Crippen LogP contribution in [-0.2, 0) is 0 Å². The predicted octanol–water partition coefficient (Wildman–Crippen LogP) is 1.76. The molecule has 0 bridgehead atoms. The van der Waals surface area contributed by atoms with Crippen LogP contribution in [0.3, 0.4) is 0 Å². The number of thiocarbonyl (C=S) groups is 1. The second kappa shape index (κ2) is 4.62. The van der Waals surface area contributed by atoms with Gasteiger partial charge in [0, 0.05) is 11.9 Å². The fourth-order valence-electron chi connectivity index (χ4n) is 1.23. The zero-order valence-corrected chi connectivity index (χ0v) is 8.82. The summed E-state index contributed by atoms with van der Waals surface area (Å²) in [5.41, 5.74) is 0. The van der Waals surface area contributed by atoms with Crippen LogP contribution in [0.4, 0.5) is 0 Å². The molecule has 0 aromatic carbocycles. The van der Waals surface area contributed by atoms with Crippen molar-refractivity contribution in [1.29, 1.82) is 0 Å². The van der Waals surface area contributed by atoms with E-state index in [1.807, 2.05) is 0 Å². The molecule has 1 aliphatic rings. The van der Waals surface area contributed by atoms with Gasteiger partial charge in [0.25, 0.3) is 0 Å². The lowest BCUT2D eigenvalue weighted by atomic mass is 10.4. The normalized spacial score (nSPS) is 22.9. The molecule has 0 amide bonds. The number of hydrogen-bond donors (Lipinski definition) is 0. The SMILES string of the molecule is S=[C]C(I)CN1CCCC1. The summed E-state index contributed by atoms with van der Waals surface area (Å²) in [5, 5.41) is 2.82. The van der Waals surface area contributed by atoms with E-state index in [-0.39, 0.29) is 0 Å². The van der Waals surface area contributed by atoms with Gasteiger partial charge in [-0.25, -0.2) is 0 Å². The summed E-state index contributed by atoms with van der Waals surface area (Å²) in [5.74, 6) is 0. The van der Waals surface area contributed by atoms with E-state index < -0.39 is 0 Å². The van der Waals surface area contributed by atoms with E-state index in [1.54, 1.807) is 0 Å². The summed E-state index contributed by atoms with van der Waals surface area (Å²) in [4.78, 5) is 2.45. The summed E-state index contributed by atoms with van der Waals surface area (Å²) < 4.78 is 0.436. The van der Waals surface area contributed by atoms with Gasteiger partial charge in [0.1, 0.15) is 0 Å².